The van der Waals surface area contributed by atoms with Crippen LogP contribution in [0.4, 0.5) is 0 Å². The summed E-state index contributed by atoms with van der Waals surface area (Å²) in [6.45, 7) is 3.96. The number of hydrogen-bond donors (Lipinski definition) is 1. The number of aromatic nitrogens is 3. The van der Waals surface area contributed by atoms with Gasteiger partial charge >= 0.3 is 0 Å². The standard InChI is InChI=1S/C10H17N5OS/c1-7-12-13-10(15(7)6-4-11)17-8-3-5-14(2)9(8)16/h8H,3-6,11H2,1-2H3. The number of carbonyl (C=O) groups excluding carboxylic acids is 1. The van der Waals surface area contributed by atoms with Crippen molar-refractivity contribution in [3.8, 4) is 0 Å². The molecule has 2 rings (SSSR count). The van der Waals surface area contributed by atoms with Crippen molar-refractivity contribution >= 4 is 17.7 Å². The highest BCUT2D eigenvalue weighted by Gasteiger charge is 2.31. The van der Waals surface area contributed by atoms with Crippen molar-refractivity contribution in [3.05, 3.63) is 5.82 Å². The Hall–Kier alpha value is -1.08. The molecule has 1 aromatic heterocycles. The number of likely N-dealkylation sites (tertiary alicyclic amines) is 1. The third-order valence-corrected chi connectivity index (χ3v) is 4.12. The van der Waals surface area contributed by atoms with Crippen LogP contribution in [0.3, 0.4) is 0 Å². The third-order valence-electron chi connectivity index (χ3n) is 2.88. The minimum Gasteiger partial charge on any atom is -0.345 e. The van der Waals surface area contributed by atoms with E-state index in [2.05, 4.69) is 10.2 Å². The lowest BCUT2D eigenvalue weighted by Gasteiger charge is -2.10. The predicted molar refractivity (Wildman–Crippen MR) is 65.7 cm³/mol. The summed E-state index contributed by atoms with van der Waals surface area (Å²) in [5.74, 6) is 1.02. The Morgan fingerprint density at radius 3 is 2.88 bits per heavy atom. The lowest BCUT2D eigenvalue weighted by molar-refractivity contribution is -0.126. The van der Waals surface area contributed by atoms with Crippen LogP contribution in [0, 0.1) is 6.92 Å². The summed E-state index contributed by atoms with van der Waals surface area (Å²) in [6.07, 6.45) is 0.870. The third kappa shape index (κ3) is 2.44. The second-order valence-corrected chi connectivity index (χ2v) is 5.29. The molecule has 2 heterocycles. The molecule has 0 saturated carbocycles. The molecule has 0 radical (unpaired) electrons. The van der Waals surface area contributed by atoms with Gasteiger partial charge in [0.1, 0.15) is 5.82 Å². The van der Waals surface area contributed by atoms with Gasteiger partial charge in [-0.05, 0) is 13.3 Å². The van der Waals surface area contributed by atoms with Crippen LogP contribution in [-0.4, -0.2) is 51.0 Å². The molecule has 0 aliphatic carbocycles. The maximum absolute atomic E-state index is 11.8. The first kappa shape index (κ1) is 12.4. The van der Waals surface area contributed by atoms with E-state index in [-0.39, 0.29) is 11.2 Å². The molecule has 6 nitrogen and oxygen atoms in total. The Morgan fingerprint density at radius 1 is 1.53 bits per heavy atom. The van der Waals surface area contributed by atoms with E-state index < -0.39 is 0 Å². The highest BCUT2D eigenvalue weighted by Crippen LogP contribution is 2.29. The molecule has 0 bridgehead atoms. The molecular weight excluding hydrogens is 238 g/mol. The minimum absolute atomic E-state index is 0.0277. The van der Waals surface area contributed by atoms with Crippen molar-refractivity contribution in [2.45, 2.75) is 30.3 Å². The predicted octanol–water partition coefficient (Wildman–Crippen LogP) is -0.132. The Kier molecular flexibility index (Phi) is 3.68. The molecule has 94 valence electrons. The summed E-state index contributed by atoms with van der Waals surface area (Å²) in [5, 5.41) is 8.91. The van der Waals surface area contributed by atoms with Crippen LogP contribution < -0.4 is 5.73 Å². The SMILES string of the molecule is Cc1nnc(SC2CCN(C)C2=O)n1CCN. The largest absolute Gasteiger partial charge is 0.345 e. The van der Waals surface area contributed by atoms with Crippen LogP contribution in [0.25, 0.3) is 0 Å². The minimum atomic E-state index is -0.0277. The van der Waals surface area contributed by atoms with E-state index >= 15 is 0 Å². The van der Waals surface area contributed by atoms with Crippen molar-refractivity contribution < 1.29 is 4.79 Å². The molecule has 1 amide bonds. The second kappa shape index (κ2) is 5.05. The average Bonchev–Trinajstić information content (AvgIpc) is 2.80. The molecule has 1 aliphatic heterocycles. The van der Waals surface area contributed by atoms with Gasteiger partial charge in [-0.3, -0.25) is 4.79 Å². The molecule has 1 fully saturated rings. The van der Waals surface area contributed by atoms with Crippen molar-refractivity contribution in [3.63, 3.8) is 0 Å². The van der Waals surface area contributed by atoms with E-state index in [4.69, 9.17) is 5.73 Å². The molecule has 1 unspecified atom stereocenters. The molecule has 0 spiro atoms. The van der Waals surface area contributed by atoms with Gasteiger partial charge in [-0.25, -0.2) is 0 Å². The second-order valence-electron chi connectivity index (χ2n) is 4.13. The average molecular weight is 255 g/mol. The van der Waals surface area contributed by atoms with Gasteiger partial charge in [-0.1, -0.05) is 11.8 Å². The molecule has 1 aromatic rings. The van der Waals surface area contributed by atoms with Gasteiger partial charge in [-0.15, -0.1) is 10.2 Å². The van der Waals surface area contributed by atoms with Gasteiger partial charge in [0.2, 0.25) is 5.91 Å². The van der Waals surface area contributed by atoms with Crippen LogP contribution in [0.5, 0.6) is 0 Å². The molecule has 1 saturated heterocycles. The fraction of sp³-hybridized carbons (Fsp3) is 0.700. The maximum Gasteiger partial charge on any atom is 0.235 e. The molecule has 17 heavy (non-hydrogen) atoms. The van der Waals surface area contributed by atoms with Gasteiger partial charge in [0.15, 0.2) is 5.16 Å². The fourth-order valence-electron chi connectivity index (χ4n) is 1.86. The van der Waals surface area contributed by atoms with Crippen molar-refractivity contribution in [1.29, 1.82) is 0 Å². The first-order chi connectivity index (χ1) is 8.13. The van der Waals surface area contributed by atoms with Gasteiger partial charge < -0.3 is 15.2 Å². The van der Waals surface area contributed by atoms with Crippen molar-refractivity contribution in [2.75, 3.05) is 20.1 Å². The van der Waals surface area contributed by atoms with Gasteiger partial charge in [0.25, 0.3) is 0 Å². The van der Waals surface area contributed by atoms with Gasteiger partial charge in [0, 0.05) is 26.7 Å². The topological polar surface area (TPSA) is 77.0 Å². The molecular formula is C10H17N5OS. The van der Waals surface area contributed by atoms with Crippen molar-refractivity contribution in [1.82, 2.24) is 19.7 Å². The van der Waals surface area contributed by atoms with Gasteiger partial charge in [0.05, 0.1) is 5.25 Å². The Morgan fingerprint density at radius 2 is 2.29 bits per heavy atom. The van der Waals surface area contributed by atoms with Crippen LogP contribution >= 0.6 is 11.8 Å². The quantitative estimate of drug-likeness (QED) is 0.811. The number of rotatable bonds is 4. The van der Waals surface area contributed by atoms with E-state index in [1.54, 1.807) is 4.90 Å². The molecule has 1 aliphatic rings. The Labute approximate surface area is 105 Å². The summed E-state index contributed by atoms with van der Waals surface area (Å²) in [7, 11) is 1.83. The van der Waals surface area contributed by atoms with Gasteiger partial charge in [-0.2, -0.15) is 0 Å². The summed E-state index contributed by atoms with van der Waals surface area (Å²) < 4.78 is 1.97. The normalized spacial score (nSPS) is 20.3. The molecule has 2 N–H and O–H groups in total. The highest BCUT2D eigenvalue weighted by molar-refractivity contribution is 8.00. The Bertz CT molecular complexity index is 419. The summed E-state index contributed by atoms with van der Waals surface area (Å²) in [5.41, 5.74) is 5.55. The van der Waals surface area contributed by atoms with Crippen molar-refractivity contribution in [2.24, 2.45) is 5.73 Å². The maximum atomic E-state index is 11.8. The summed E-state index contributed by atoms with van der Waals surface area (Å²) >= 11 is 1.49. The first-order valence-corrected chi connectivity index (χ1v) is 6.53. The lowest BCUT2D eigenvalue weighted by atomic mass is 10.4. The van der Waals surface area contributed by atoms with Crippen LogP contribution in [-0.2, 0) is 11.3 Å². The van der Waals surface area contributed by atoms with E-state index in [1.165, 1.54) is 11.8 Å². The highest BCUT2D eigenvalue weighted by atomic mass is 32.2. The lowest BCUT2D eigenvalue weighted by Crippen LogP contribution is -2.24. The number of amides is 1. The smallest absolute Gasteiger partial charge is 0.235 e. The zero-order valence-electron chi connectivity index (χ0n) is 10.1. The summed E-state index contributed by atoms with van der Waals surface area (Å²) in [6, 6.07) is 0. The van der Waals surface area contributed by atoms with E-state index in [0.29, 0.717) is 13.1 Å². The number of aryl methyl sites for hydroxylation is 1. The van der Waals surface area contributed by atoms with E-state index in [1.807, 2.05) is 18.5 Å². The molecule has 1 atom stereocenters. The zero-order chi connectivity index (χ0) is 12.4. The van der Waals surface area contributed by atoms with E-state index in [0.717, 1.165) is 23.9 Å². The Balaban J connectivity index is 2.11. The molecule has 7 heteroatoms. The number of hydrogen-bond acceptors (Lipinski definition) is 5. The summed E-state index contributed by atoms with van der Waals surface area (Å²) in [4.78, 5) is 13.6. The van der Waals surface area contributed by atoms with Crippen LogP contribution in [0.15, 0.2) is 5.16 Å². The monoisotopic (exact) mass is 255 g/mol. The first-order valence-electron chi connectivity index (χ1n) is 5.65. The van der Waals surface area contributed by atoms with Crippen LogP contribution in [0.1, 0.15) is 12.2 Å². The number of nitrogens with two attached hydrogens (primary N) is 1. The van der Waals surface area contributed by atoms with E-state index in [9.17, 15) is 4.79 Å². The molecule has 0 aromatic carbocycles. The number of carbonyl (C=O) groups is 1. The zero-order valence-corrected chi connectivity index (χ0v) is 10.9. The number of thioether (sulfide) groups is 1. The van der Waals surface area contributed by atoms with Crippen LogP contribution in [0.2, 0.25) is 0 Å². The number of nitrogens with zero attached hydrogens (tertiary/aromatic N) is 4. The fourth-order valence-corrected chi connectivity index (χ4v) is 3.06.